The second-order valence-electron chi connectivity index (χ2n) is 4.97. The summed E-state index contributed by atoms with van der Waals surface area (Å²) in [5.74, 6) is 0.814. The van der Waals surface area contributed by atoms with Crippen LogP contribution in [-0.4, -0.2) is 20.7 Å². The van der Waals surface area contributed by atoms with Crippen molar-refractivity contribution in [2.75, 3.05) is 5.75 Å². The summed E-state index contributed by atoms with van der Waals surface area (Å²) in [4.78, 5) is 13.1. The highest BCUT2D eigenvalue weighted by Crippen LogP contribution is 2.33. The Bertz CT molecular complexity index is 823. The van der Waals surface area contributed by atoms with Crippen molar-refractivity contribution in [3.63, 3.8) is 0 Å². The number of aryl methyl sites for hydroxylation is 2. The summed E-state index contributed by atoms with van der Waals surface area (Å²) < 4.78 is 5.89. The highest BCUT2D eigenvalue weighted by molar-refractivity contribution is 7.99. The van der Waals surface area contributed by atoms with E-state index in [4.69, 9.17) is 4.42 Å². The van der Waals surface area contributed by atoms with Crippen molar-refractivity contribution < 1.29 is 4.42 Å². The number of rotatable bonds is 3. The molecule has 0 aliphatic heterocycles. The zero-order chi connectivity index (χ0) is 14.3. The van der Waals surface area contributed by atoms with Crippen LogP contribution in [0.25, 0.3) is 22.2 Å². The van der Waals surface area contributed by atoms with Gasteiger partial charge in [-0.25, -0.2) is 15.0 Å². The van der Waals surface area contributed by atoms with Crippen molar-refractivity contribution >= 4 is 34.0 Å². The number of thioether (sulfide) groups is 1. The first kappa shape index (κ1) is 13.1. The summed E-state index contributed by atoms with van der Waals surface area (Å²) >= 11 is 1.61. The Labute approximate surface area is 121 Å². The van der Waals surface area contributed by atoms with Crippen LogP contribution in [0.1, 0.15) is 18.2 Å². The standard InChI is InChI=1S/C15H15N3OS/c1-8(2)6-20-15-13-12(16-7-17-15)11-9(3)5-10(4)18-14(11)19-13/h5,7H,1,6H2,2-4H3. The summed E-state index contributed by atoms with van der Waals surface area (Å²) in [6.45, 7) is 9.92. The summed E-state index contributed by atoms with van der Waals surface area (Å²) in [6, 6.07) is 2.04. The number of aromatic nitrogens is 3. The lowest BCUT2D eigenvalue weighted by Gasteiger charge is -2.00. The highest BCUT2D eigenvalue weighted by atomic mass is 32.2. The van der Waals surface area contributed by atoms with Crippen molar-refractivity contribution in [1.29, 1.82) is 0 Å². The fraction of sp³-hybridized carbons (Fsp3) is 0.267. The molecule has 3 rings (SSSR count). The molecule has 0 unspecified atom stereocenters. The van der Waals surface area contributed by atoms with Crippen LogP contribution in [0.15, 0.2) is 34.0 Å². The van der Waals surface area contributed by atoms with E-state index < -0.39 is 0 Å². The highest BCUT2D eigenvalue weighted by Gasteiger charge is 2.16. The lowest BCUT2D eigenvalue weighted by Crippen LogP contribution is -1.87. The van der Waals surface area contributed by atoms with Gasteiger partial charge in [-0.2, -0.15) is 0 Å². The van der Waals surface area contributed by atoms with Gasteiger partial charge in [-0.1, -0.05) is 23.9 Å². The zero-order valence-corrected chi connectivity index (χ0v) is 12.5. The molecule has 0 saturated heterocycles. The molecular formula is C15H15N3OS. The maximum atomic E-state index is 5.89. The Morgan fingerprint density at radius 2 is 2.15 bits per heavy atom. The van der Waals surface area contributed by atoms with E-state index in [2.05, 4.69) is 28.5 Å². The van der Waals surface area contributed by atoms with Gasteiger partial charge in [0.2, 0.25) is 5.71 Å². The second kappa shape index (κ2) is 4.90. The van der Waals surface area contributed by atoms with Crippen LogP contribution in [0.5, 0.6) is 0 Å². The van der Waals surface area contributed by atoms with Gasteiger partial charge in [-0.3, -0.25) is 0 Å². The minimum Gasteiger partial charge on any atom is -0.433 e. The van der Waals surface area contributed by atoms with Crippen LogP contribution in [0, 0.1) is 13.8 Å². The normalized spacial score (nSPS) is 11.3. The number of fused-ring (bicyclic) bond motifs is 3. The van der Waals surface area contributed by atoms with Crippen molar-refractivity contribution in [2.45, 2.75) is 25.8 Å². The summed E-state index contributed by atoms with van der Waals surface area (Å²) in [5, 5.41) is 1.82. The lowest BCUT2D eigenvalue weighted by molar-refractivity contribution is 0.638. The summed E-state index contributed by atoms with van der Waals surface area (Å²) in [5.41, 5.74) is 5.36. The van der Waals surface area contributed by atoms with E-state index in [1.54, 1.807) is 18.1 Å². The third-order valence-electron chi connectivity index (χ3n) is 2.97. The quantitative estimate of drug-likeness (QED) is 0.413. The van der Waals surface area contributed by atoms with Crippen molar-refractivity contribution in [3.05, 3.63) is 35.8 Å². The molecule has 3 aromatic heterocycles. The molecule has 0 radical (unpaired) electrons. The molecule has 0 atom stereocenters. The first-order chi connectivity index (χ1) is 9.56. The fourth-order valence-electron chi connectivity index (χ4n) is 2.18. The predicted octanol–water partition coefficient (Wildman–Crippen LogP) is 4.06. The Kier molecular flexibility index (Phi) is 3.22. The Hall–Kier alpha value is -1.88. The van der Waals surface area contributed by atoms with Crippen molar-refractivity contribution in [1.82, 2.24) is 15.0 Å². The van der Waals surface area contributed by atoms with E-state index in [0.29, 0.717) is 5.71 Å². The van der Waals surface area contributed by atoms with Gasteiger partial charge in [-0.05, 0) is 32.4 Å². The second-order valence-corrected chi connectivity index (χ2v) is 5.93. The maximum Gasteiger partial charge on any atom is 0.229 e. The van der Waals surface area contributed by atoms with E-state index in [-0.39, 0.29) is 0 Å². The van der Waals surface area contributed by atoms with Gasteiger partial charge in [0, 0.05) is 11.4 Å². The Morgan fingerprint density at radius 1 is 1.35 bits per heavy atom. The van der Waals surface area contributed by atoms with E-state index >= 15 is 0 Å². The number of pyridine rings is 1. The molecule has 0 aromatic carbocycles. The Balaban J connectivity index is 2.25. The molecule has 0 amide bonds. The molecule has 0 aliphatic rings. The molecule has 0 fully saturated rings. The van der Waals surface area contributed by atoms with Gasteiger partial charge in [-0.15, -0.1) is 0 Å². The van der Waals surface area contributed by atoms with E-state index in [1.807, 2.05) is 19.9 Å². The van der Waals surface area contributed by atoms with E-state index in [1.165, 1.54) is 0 Å². The molecule has 0 spiro atoms. The third-order valence-corrected chi connectivity index (χ3v) is 4.17. The smallest absolute Gasteiger partial charge is 0.229 e. The van der Waals surface area contributed by atoms with Gasteiger partial charge in [0.05, 0.1) is 5.39 Å². The minimum atomic E-state index is 0.634. The number of furan rings is 1. The van der Waals surface area contributed by atoms with E-state index in [0.717, 1.165) is 44.1 Å². The maximum absolute atomic E-state index is 5.89. The predicted molar refractivity (Wildman–Crippen MR) is 82.1 cm³/mol. The topological polar surface area (TPSA) is 51.8 Å². The molecule has 5 heteroatoms. The molecule has 4 nitrogen and oxygen atoms in total. The lowest BCUT2D eigenvalue weighted by atomic mass is 10.1. The van der Waals surface area contributed by atoms with Gasteiger partial charge in [0.25, 0.3) is 0 Å². The van der Waals surface area contributed by atoms with Crippen LogP contribution in [-0.2, 0) is 0 Å². The van der Waals surface area contributed by atoms with Crippen LogP contribution in [0.3, 0.4) is 0 Å². The molecule has 3 heterocycles. The summed E-state index contributed by atoms with van der Waals surface area (Å²) in [7, 11) is 0. The molecular weight excluding hydrogens is 270 g/mol. The molecule has 0 N–H and O–H groups in total. The van der Waals surface area contributed by atoms with Crippen LogP contribution >= 0.6 is 11.8 Å². The molecule has 102 valence electrons. The molecule has 20 heavy (non-hydrogen) atoms. The first-order valence-corrected chi connectivity index (χ1v) is 7.33. The van der Waals surface area contributed by atoms with Crippen LogP contribution in [0.4, 0.5) is 0 Å². The van der Waals surface area contributed by atoms with Crippen molar-refractivity contribution in [3.8, 4) is 0 Å². The summed E-state index contributed by atoms with van der Waals surface area (Å²) in [6.07, 6.45) is 1.58. The van der Waals surface area contributed by atoms with Gasteiger partial charge < -0.3 is 4.42 Å². The number of hydrogen-bond acceptors (Lipinski definition) is 5. The van der Waals surface area contributed by atoms with Crippen molar-refractivity contribution in [2.24, 2.45) is 0 Å². The Morgan fingerprint density at radius 3 is 2.90 bits per heavy atom. The van der Waals surface area contributed by atoms with Gasteiger partial charge in [0.1, 0.15) is 16.9 Å². The zero-order valence-electron chi connectivity index (χ0n) is 11.7. The largest absolute Gasteiger partial charge is 0.433 e. The van der Waals surface area contributed by atoms with Gasteiger partial charge >= 0.3 is 0 Å². The average Bonchev–Trinajstić information content (AvgIpc) is 2.74. The molecule has 0 aliphatic carbocycles. The van der Waals surface area contributed by atoms with Crippen LogP contribution in [0.2, 0.25) is 0 Å². The van der Waals surface area contributed by atoms with Gasteiger partial charge in [0.15, 0.2) is 5.58 Å². The average molecular weight is 285 g/mol. The fourth-order valence-corrected chi connectivity index (χ4v) is 2.96. The number of hydrogen-bond donors (Lipinski definition) is 0. The monoisotopic (exact) mass is 285 g/mol. The molecule has 3 aromatic rings. The SMILES string of the molecule is C=C(C)CSc1ncnc2c1oc1nc(C)cc(C)c12. The third kappa shape index (κ3) is 2.18. The molecule has 0 bridgehead atoms. The van der Waals surface area contributed by atoms with E-state index in [9.17, 15) is 0 Å². The molecule has 0 saturated carbocycles. The van der Waals surface area contributed by atoms with Crippen LogP contribution < -0.4 is 0 Å². The number of nitrogens with zero attached hydrogens (tertiary/aromatic N) is 3. The first-order valence-electron chi connectivity index (χ1n) is 6.35. The minimum absolute atomic E-state index is 0.634.